The van der Waals surface area contributed by atoms with Crippen molar-refractivity contribution in [3.05, 3.63) is 76.1 Å². The monoisotopic (exact) mass is 551 g/mol. The van der Waals surface area contributed by atoms with Crippen LogP contribution in [0.4, 0.5) is 11.4 Å². The van der Waals surface area contributed by atoms with Crippen molar-refractivity contribution in [3.63, 3.8) is 0 Å². The van der Waals surface area contributed by atoms with Crippen LogP contribution in [0.5, 0.6) is 0 Å². The molecule has 0 bridgehead atoms. The highest BCUT2D eigenvalue weighted by atomic mass is 32.2. The maximum Gasteiger partial charge on any atom is 0.270 e. The Morgan fingerprint density at radius 1 is 1.05 bits per heavy atom. The van der Waals surface area contributed by atoms with E-state index >= 15 is 0 Å². The number of nitrogens with zero attached hydrogens (tertiary/aromatic N) is 6. The Morgan fingerprint density at radius 2 is 1.77 bits per heavy atom. The minimum Gasteiger partial charge on any atom is -0.368 e. The SMILES string of the molecule is CCn1c(SCC(=O)N2CCN(c3ccccc3)CC2)nnc1[C@@H](NC(=O)c1cccc([N+](=O)[O-])c1)C(C)C. The number of carbonyl (C=O) groups is 2. The topological polar surface area (TPSA) is 127 Å². The number of hydrogen-bond donors (Lipinski definition) is 1. The van der Waals surface area contributed by atoms with Crippen molar-refractivity contribution in [2.75, 3.05) is 36.8 Å². The highest BCUT2D eigenvalue weighted by Gasteiger charge is 2.27. The largest absolute Gasteiger partial charge is 0.368 e. The van der Waals surface area contributed by atoms with E-state index in [9.17, 15) is 19.7 Å². The maximum atomic E-state index is 13.0. The molecule has 1 fully saturated rings. The van der Waals surface area contributed by atoms with E-state index in [0.29, 0.717) is 30.6 Å². The van der Waals surface area contributed by atoms with Crippen LogP contribution in [0, 0.1) is 16.0 Å². The van der Waals surface area contributed by atoms with Gasteiger partial charge in [-0.25, -0.2) is 0 Å². The van der Waals surface area contributed by atoms with Crippen LogP contribution in [0.2, 0.25) is 0 Å². The average Bonchev–Trinajstić information content (AvgIpc) is 3.37. The molecule has 39 heavy (non-hydrogen) atoms. The third-order valence-corrected chi connectivity index (χ3v) is 7.64. The molecule has 0 spiro atoms. The number of nitro benzene ring substituents is 1. The summed E-state index contributed by atoms with van der Waals surface area (Å²) >= 11 is 1.34. The molecule has 1 saturated heterocycles. The van der Waals surface area contributed by atoms with Crippen molar-refractivity contribution in [2.24, 2.45) is 5.92 Å². The Kier molecular flexibility index (Phi) is 9.18. The maximum absolute atomic E-state index is 13.0. The molecule has 2 heterocycles. The van der Waals surface area contributed by atoms with Crippen molar-refractivity contribution in [1.29, 1.82) is 0 Å². The fourth-order valence-corrected chi connectivity index (χ4v) is 5.43. The first-order valence-electron chi connectivity index (χ1n) is 13.0. The van der Waals surface area contributed by atoms with Crippen molar-refractivity contribution in [2.45, 2.75) is 38.5 Å². The molecule has 0 unspecified atom stereocenters. The lowest BCUT2D eigenvalue weighted by Gasteiger charge is -2.36. The smallest absolute Gasteiger partial charge is 0.270 e. The molecule has 206 valence electrons. The Morgan fingerprint density at radius 3 is 2.41 bits per heavy atom. The average molecular weight is 552 g/mol. The van der Waals surface area contributed by atoms with E-state index in [1.807, 2.05) is 48.4 Å². The molecule has 2 amide bonds. The minimum atomic E-state index is -0.529. The van der Waals surface area contributed by atoms with Crippen LogP contribution >= 0.6 is 11.8 Å². The molecule has 1 N–H and O–H groups in total. The van der Waals surface area contributed by atoms with Gasteiger partial charge in [-0.3, -0.25) is 19.7 Å². The molecule has 0 aliphatic carbocycles. The number of hydrogen-bond acceptors (Lipinski definition) is 8. The number of benzene rings is 2. The van der Waals surface area contributed by atoms with Gasteiger partial charge in [0.15, 0.2) is 11.0 Å². The second kappa shape index (κ2) is 12.7. The molecular weight excluding hydrogens is 518 g/mol. The number of amides is 2. The molecule has 2 aromatic carbocycles. The standard InChI is InChI=1S/C27H33N7O4S/c1-4-33-25(24(19(2)3)28-26(36)20-9-8-12-22(17-20)34(37)38)29-30-27(33)39-18-23(35)32-15-13-31(14-16-32)21-10-6-5-7-11-21/h5-12,17,19,24H,4,13-16,18H2,1-3H3,(H,28,36)/t24-/m0/s1. The summed E-state index contributed by atoms with van der Waals surface area (Å²) in [6, 6.07) is 15.3. The van der Waals surface area contributed by atoms with E-state index in [1.54, 1.807) is 0 Å². The molecule has 4 rings (SSSR count). The summed E-state index contributed by atoms with van der Waals surface area (Å²) in [6.07, 6.45) is 0. The Hall–Kier alpha value is -3.93. The van der Waals surface area contributed by atoms with Crippen molar-refractivity contribution in [3.8, 4) is 0 Å². The highest BCUT2D eigenvalue weighted by Crippen LogP contribution is 2.26. The van der Waals surface area contributed by atoms with Gasteiger partial charge in [-0.2, -0.15) is 0 Å². The van der Waals surface area contributed by atoms with Gasteiger partial charge in [0, 0.05) is 56.1 Å². The van der Waals surface area contributed by atoms with Crippen LogP contribution in [0.15, 0.2) is 59.8 Å². The second-order valence-corrected chi connectivity index (χ2v) is 10.5. The molecule has 0 radical (unpaired) electrons. The van der Waals surface area contributed by atoms with Gasteiger partial charge in [-0.15, -0.1) is 10.2 Å². The Labute approximate surface area is 231 Å². The number of nitrogens with one attached hydrogen (secondary N) is 1. The van der Waals surface area contributed by atoms with Gasteiger partial charge in [0.25, 0.3) is 11.6 Å². The number of thioether (sulfide) groups is 1. The molecule has 0 saturated carbocycles. The van der Waals surface area contributed by atoms with Gasteiger partial charge in [-0.1, -0.05) is 49.9 Å². The van der Waals surface area contributed by atoms with Gasteiger partial charge < -0.3 is 19.7 Å². The molecule has 3 aromatic rings. The second-order valence-electron chi connectivity index (χ2n) is 9.58. The lowest BCUT2D eigenvalue weighted by Crippen LogP contribution is -2.49. The zero-order valence-electron chi connectivity index (χ0n) is 22.3. The number of non-ortho nitro benzene ring substituents is 1. The summed E-state index contributed by atoms with van der Waals surface area (Å²) < 4.78 is 1.91. The van der Waals surface area contributed by atoms with Crippen LogP contribution in [-0.4, -0.2) is 68.3 Å². The summed E-state index contributed by atoms with van der Waals surface area (Å²) in [4.78, 5) is 40.7. The molecule has 12 heteroatoms. The normalized spacial score (nSPS) is 14.4. The van der Waals surface area contributed by atoms with Gasteiger partial charge in [0.05, 0.1) is 16.7 Å². The lowest BCUT2D eigenvalue weighted by atomic mass is 10.0. The predicted molar refractivity (Wildman–Crippen MR) is 150 cm³/mol. The Balaban J connectivity index is 1.39. The zero-order chi connectivity index (χ0) is 27.9. The van der Waals surface area contributed by atoms with E-state index in [-0.39, 0.29) is 28.8 Å². The fraction of sp³-hybridized carbons (Fsp3) is 0.407. The van der Waals surface area contributed by atoms with E-state index in [0.717, 1.165) is 13.1 Å². The summed E-state index contributed by atoms with van der Waals surface area (Å²) in [5, 5.41) is 23.4. The number of rotatable bonds is 10. The summed E-state index contributed by atoms with van der Waals surface area (Å²) in [7, 11) is 0. The van der Waals surface area contributed by atoms with Crippen LogP contribution in [0.25, 0.3) is 0 Å². The highest BCUT2D eigenvalue weighted by molar-refractivity contribution is 7.99. The molecular formula is C27H33N7O4S. The number of aromatic nitrogens is 3. The fourth-order valence-electron chi connectivity index (χ4n) is 4.52. The summed E-state index contributed by atoms with van der Waals surface area (Å²) in [6.45, 7) is 9.34. The van der Waals surface area contributed by atoms with Crippen molar-refractivity contribution < 1.29 is 14.5 Å². The third kappa shape index (κ3) is 6.75. The molecule has 1 aliphatic heterocycles. The first-order chi connectivity index (χ1) is 18.8. The first kappa shape index (κ1) is 28.1. The van der Waals surface area contributed by atoms with E-state index in [4.69, 9.17) is 0 Å². The van der Waals surface area contributed by atoms with Gasteiger partial charge in [-0.05, 0) is 31.0 Å². The quantitative estimate of drug-likeness (QED) is 0.229. The number of para-hydroxylation sites is 1. The predicted octanol–water partition coefficient (Wildman–Crippen LogP) is 3.77. The molecule has 11 nitrogen and oxygen atoms in total. The molecule has 1 aliphatic rings. The molecule has 1 atom stereocenters. The number of nitro groups is 1. The number of carbonyl (C=O) groups excluding carboxylic acids is 2. The minimum absolute atomic E-state index is 0.0254. The van der Waals surface area contributed by atoms with Gasteiger partial charge >= 0.3 is 0 Å². The zero-order valence-corrected chi connectivity index (χ0v) is 23.1. The van der Waals surface area contributed by atoms with E-state index in [1.165, 1.54) is 41.7 Å². The van der Waals surface area contributed by atoms with Crippen LogP contribution in [0.1, 0.15) is 43.0 Å². The Bertz CT molecular complexity index is 1310. The third-order valence-electron chi connectivity index (χ3n) is 6.69. The summed E-state index contributed by atoms with van der Waals surface area (Å²) in [5.41, 5.74) is 1.22. The van der Waals surface area contributed by atoms with Crippen LogP contribution < -0.4 is 10.2 Å². The van der Waals surface area contributed by atoms with E-state index < -0.39 is 16.9 Å². The number of piperazine rings is 1. The lowest BCUT2D eigenvalue weighted by molar-refractivity contribution is -0.384. The van der Waals surface area contributed by atoms with Crippen LogP contribution in [0.3, 0.4) is 0 Å². The molecule has 1 aromatic heterocycles. The van der Waals surface area contributed by atoms with Gasteiger partial charge in [0.1, 0.15) is 0 Å². The van der Waals surface area contributed by atoms with E-state index in [2.05, 4.69) is 32.5 Å². The van der Waals surface area contributed by atoms with Crippen molar-refractivity contribution >= 4 is 35.0 Å². The van der Waals surface area contributed by atoms with Crippen molar-refractivity contribution in [1.82, 2.24) is 25.0 Å². The summed E-state index contributed by atoms with van der Waals surface area (Å²) in [5.74, 6) is 0.428. The van der Waals surface area contributed by atoms with Crippen LogP contribution in [-0.2, 0) is 11.3 Å². The number of anilines is 1. The van der Waals surface area contributed by atoms with Gasteiger partial charge in [0.2, 0.25) is 5.91 Å². The first-order valence-corrected chi connectivity index (χ1v) is 14.0.